The first-order valence-electron chi connectivity index (χ1n) is 6.33. The Hall–Kier alpha value is -1.64. The normalized spacial score (nSPS) is 18.4. The first-order valence-corrected chi connectivity index (χ1v) is 6.33. The van der Waals surface area contributed by atoms with Gasteiger partial charge in [-0.3, -0.25) is 9.59 Å². The van der Waals surface area contributed by atoms with Crippen molar-refractivity contribution in [1.82, 2.24) is 0 Å². The van der Waals surface area contributed by atoms with Crippen LogP contribution >= 0.6 is 0 Å². The Kier molecular flexibility index (Phi) is 3.80. The van der Waals surface area contributed by atoms with E-state index in [1.165, 1.54) is 12.5 Å². The zero-order valence-electron chi connectivity index (χ0n) is 10.6. The van der Waals surface area contributed by atoms with E-state index in [1.807, 2.05) is 18.2 Å². The van der Waals surface area contributed by atoms with Crippen LogP contribution in [0.25, 0.3) is 0 Å². The molecule has 1 aromatic carbocycles. The van der Waals surface area contributed by atoms with E-state index in [4.69, 9.17) is 4.74 Å². The SMILES string of the molecule is CC(=O)OCC1(c2ccccc2)CCC(=O)CC1. The maximum atomic E-state index is 11.4. The van der Waals surface area contributed by atoms with Crippen LogP contribution in [0.5, 0.6) is 0 Å². The summed E-state index contributed by atoms with van der Waals surface area (Å²) in [5.74, 6) is 0.0478. The third kappa shape index (κ3) is 2.78. The predicted octanol–water partition coefficient (Wildman–Crippen LogP) is 2.63. The predicted molar refractivity (Wildman–Crippen MR) is 68.2 cm³/mol. The number of hydrogen-bond donors (Lipinski definition) is 0. The molecule has 0 radical (unpaired) electrons. The Morgan fingerprint density at radius 1 is 1.22 bits per heavy atom. The molecule has 1 aliphatic carbocycles. The van der Waals surface area contributed by atoms with Gasteiger partial charge in [0.15, 0.2) is 0 Å². The van der Waals surface area contributed by atoms with Crippen LogP contribution in [0.2, 0.25) is 0 Å². The molecule has 96 valence electrons. The standard InChI is InChI=1S/C15H18O3/c1-12(16)18-11-15(9-7-14(17)8-10-15)13-5-3-2-4-6-13/h2-6H,7-11H2,1H3. The van der Waals surface area contributed by atoms with Gasteiger partial charge in [0, 0.05) is 25.2 Å². The van der Waals surface area contributed by atoms with Crippen LogP contribution in [0.4, 0.5) is 0 Å². The number of carbonyl (C=O) groups excluding carboxylic acids is 2. The van der Waals surface area contributed by atoms with Crippen molar-refractivity contribution in [3.05, 3.63) is 35.9 Å². The minimum absolute atomic E-state index is 0.180. The van der Waals surface area contributed by atoms with Gasteiger partial charge in [-0.1, -0.05) is 30.3 Å². The molecule has 0 aliphatic heterocycles. The lowest BCUT2D eigenvalue weighted by molar-refractivity contribution is -0.143. The van der Waals surface area contributed by atoms with Crippen molar-refractivity contribution in [2.24, 2.45) is 0 Å². The van der Waals surface area contributed by atoms with E-state index >= 15 is 0 Å². The molecule has 3 heteroatoms. The molecule has 1 saturated carbocycles. The Morgan fingerprint density at radius 3 is 2.39 bits per heavy atom. The second-order valence-corrected chi connectivity index (χ2v) is 4.97. The second-order valence-electron chi connectivity index (χ2n) is 4.97. The van der Waals surface area contributed by atoms with Crippen LogP contribution in [0.1, 0.15) is 38.2 Å². The molecule has 0 aromatic heterocycles. The van der Waals surface area contributed by atoms with Crippen molar-refractivity contribution in [2.45, 2.75) is 38.0 Å². The molecule has 0 heterocycles. The first kappa shape index (κ1) is 12.8. The summed E-state index contributed by atoms with van der Waals surface area (Å²) in [5, 5.41) is 0. The number of ether oxygens (including phenoxy) is 1. The molecule has 0 N–H and O–H groups in total. The van der Waals surface area contributed by atoms with Crippen LogP contribution in [0, 0.1) is 0 Å². The van der Waals surface area contributed by atoms with E-state index in [9.17, 15) is 9.59 Å². The van der Waals surface area contributed by atoms with Crippen molar-refractivity contribution in [1.29, 1.82) is 0 Å². The fourth-order valence-corrected chi connectivity index (χ4v) is 2.56. The molecule has 1 aromatic rings. The monoisotopic (exact) mass is 246 g/mol. The quantitative estimate of drug-likeness (QED) is 0.770. The zero-order valence-corrected chi connectivity index (χ0v) is 10.6. The van der Waals surface area contributed by atoms with Gasteiger partial charge in [0.1, 0.15) is 12.4 Å². The van der Waals surface area contributed by atoms with E-state index in [-0.39, 0.29) is 11.4 Å². The average molecular weight is 246 g/mol. The fraction of sp³-hybridized carbons (Fsp3) is 0.467. The van der Waals surface area contributed by atoms with E-state index in [2.05, 4.69) is 12.1 Å². The largest absolute Gasteiger partial charge is 0.465 e. The number of rotatable bonds is 3. The first-order chi connectivity index (χ1) is 8.62. The molecular formula is C15H18O3. The summed E-state index contributed by atoms with van der Waals surface area (Å²) in [6.07, 6.45) is 2.69. The maximum absolute atomic E-state index is 11.4. The van der Waals surface area contributed by atoms with Crippen molar-refractivity contribution in [3.63, 3.8) is 0 Å². The summed E-state index contributed by atoms with van der Waals surface area (Å²) >= 11 is 0. The average Bonchev–Trinajstić information content (AvgIpc) is 2.39. The number of hydrogen-bond acceptors (Lipinski definition) is 3. The Balaban J connectivity index is 2.22. The molecule has 0 unspecified atom stereocenters. The number of benzene rings is 1. The summed E-state index contributed by atoms with van der Waals surface area (Å²) in [6, 6.07) is 10.1. The van der Waals surface area contributed by atoms with Crippen molar-refractivity contribution in [3.8, 4) is 0 Å². The maximum Gasteiger partial charge on any atom is 0.302 e. The number of ketones is 1. The summed E-state index contributed by atoms with van der Waals surface area (Å²) in [5.41, 5.74) is 0.986. The molecule has 1 aliphatic rings. The van der Waals surface area contributed by atoms with Gasteiger partial charge in [0.2, 0.25) is 0 Å². The summed E-state index contributed by atoms with van der Waals surface area (Å²) in [4.78, 5) is 22.4. The molecule has 0 atom stereocenters. The highest BCUT2D eigenvalue weighted by Crippen LogP contribution is 2.38. The highest BCUT2D eigenvalue weighted by atomic mass is 16.5. The molecular weight excluding hydrogens is 228 g/mol. The molecule has 1 fully saturated rings. The van der Waals surface area contributed by atoms with Gasteiger partial charge in [-0.15, -0.1) is 0 Å². The fourth-order valence-electron chi connectivity index (χ4n) is 2.56. The van der Waals surface area contributed by atoms with Gasteiger partial charge < -0.3 is 4.74 Å². The van der Waals surface area contributed by atoms with Gasteiger partial charge in [-0.2, -0.15) is 0 Å². The topological polar surface area (TPSA) is 43.4 Å². The van der Waals surface area contributed by atoms with Crippen molar-refractivity contribution < 1.29 is 14.3 Å². The number of Topliss-reactive ketones (excluding diaryl/α,β-unsaturated/α-hetero) is 1. The smallest absolute Gasteiger partial charge is 0.302 e. The van der Waals surface area contributed by atoms with Crippen LogP contribution < -0.4 is 0 Å². The van der Waals surface area contributed by atoms with E-state index in [0.717, 1.165) is 12.8 Å². The third-order valence-corrected chi connectivity index (χ3v) is 3.70. The molecule has 0 spiro atoms. The Labute approximate surface area is 107 Å². The van der Waals surface area contributed by atoms with Gasteiger partial charge in [-0.25, -0.2) is 0 Å². The molecule has 0 amide bonds. The van der Waals surface area contributed by atoms with Crippen molar-refractivity contribution in [2.75, 3.05) is 6.61 Å². The van der Waals surface area contributed by atoms with Crippen molar-refractivity contribution >= 4 is 11.8 Å². The van der Waals surface area contributed by atoms with E-state index in [1.54, 1.807) is 0 Å². The van der Waals surface area contributed by atoms with Gasteiger partial charge in [0.05, 0.1) is 0 Å². The highest BCUT2D eigenvalue weighted by molar-refractivity contribution is 5.79. The lowest BCUT2D eigenvalue weighted by Crippen LogP contribution is -2.37. The molecule has 18 heavy (non-hydrogen) atoms. The zero-order chi connectivity index (χ0) is 13.0. The number of esters is 1. The van der Waals surface area contributed by atoms with Gasteiger partial charge >= 0.3 is 5.97 Å². The second kappa shape index (κ2) is 5.34. The lowest BCUT2D eigenvalue weighted by atomic mass is 9.69. The summed E-state index contributed by atoms with van der Waals surface area (Å²) < 4.78 is 5.22. The number of carbonyl (C=O) groups is 2. The van der Waals surface area contributed by atoms with E-state index in [0.29, 0.717) is 25.2 Å². The minimum atomic E-state index is -0.262. The summed E-state index contributed by atoms with van der Waals surface area (Å²) in [6.45, 7) is 1.80. The Bertz CT molecular complexity index is 426. The van der Waals surface area contributed by atoms with Crippen LogP contribution in [-0.2, 0) is 19.7 Å². The Morgan fingerprint density at radius 2 is 1.83 bits per heavy atom. The van der Waals surface area contributed by atoms with Crippen LogP contribution in [0.15, 0.2) is 30.3 Å². The molecule has 0 saturated heterocycles. The lowest BCUT2D eigenvalue weighted by Gasteiger charge is -2.36. The van der Waals surface area contributed by atoms with Crippen LogP contribution in [0.3, 0.4) is 0 Å². The van der Waals surface area contributed by atoms with Gasteiger partial charge in [0.25, 0.3) is 0 Å². The van der Waals surface area contributed by atoms with E-state index < -0.39 is 0 Å². The van der Waals surface area contributed by atoms with Gasteiger partial charge in [-0.05, 0) is 18.4 Å². The highest BCUT2D eigenvalue weighted by Gasteiger charge is 2.37. The minimum Gasteiger partial charge on any atom is -0.465 e. The molecule has 2 rings (SSSR count). The third-order valence-electron chi connectivity index (χ3n) is 3.70. The molecule has 3 nitrogen and oxygen atoms in total. The van der Waals surface area contributed by atoms with Crippen LogP contribution in [-0.4, -0.2) is 18.4 Å². The molecule has 0 bridgehead atoms. The summed E-state index contributed by atoms with van der Waals surface area (Å²) in [7, 11) is 0.